The highest BCUT2D eigenvalue weighted by atomic mass is 32.2. The summed E-state index contributed by atoms with van der Waals surface area (Å²) in [6, 6.07) is 0. The standard InChI is InChI=1S/C12H26N2O2S/c1-9(15)10(2)17-8-6-5-7-12(3,14-4)11(13)16/h9-10,14-15H,5-8H2,1-4H3,(H2,13,16). The molecule has 0 aromatic carbocycles. The Labute approximate surface area is 109 Å². The molecule has 102 valence electrons. The van der Waals surface area contributed by atoms with Gasteiger partial charge in [-0.1, -0.05) is 13.3 Å². The molecule has 0 aromatic rings. The van der Waals surface area contributed by atoms with E-state index in [4.69, 9.17) is 5.73 Å². The first-order chi connectivity index (χ1) is 7.83. The predicted octanol–water partition coefficient (Wildman–Crippen LogP) is 1.12. The van der Waals surface area contributed by atoms with Crippen LogP contribution < -0.4 is 11.1 Å². The summed E-state index contributed by atoms with van der Waals surface area (Å²) in [4.78, 5) is 11.2. The van der Waals surface area contributed by atoms with Gasteiger partial charge < -0.3 is 16.2 Å². The third-order valence-corrected chi connectivity index (χ3v) is 4.67. The molecular formula is C12H26N2O2S. The molecule has 0 radical (unpaired) electrons. The largest absolute Gasteiger partial charge is 0.392 e. The van der Waals surface area contributed by atoms with E-state index in [1.165, 1.54) is 0 Å². The number of nitrogens with one attached hydrogen (secondary N) is 1. The van der Waals surface area contributed by atoms with E-state index in [0.717, 1.165) is 25.0 Å². The summed E-state index contributed by atoms with van der Waals surface area (Å²) in [7, 11) is 1.76. The van der Waals surface area contributed by atoms with Crippen LogP contribution in [0.5, 0.6) is 0 Å². The first-order valence-electron chi connectivity index (χ1n) is 6.12. The number of thioether (sulfide) groups is 1. The van der Waals surface area contributed by atoms with Gasteiger partial charge in [-0.05, 0) is 39.5 Å². The topological polar surface area (TPSA) is 75.3 Å². The van der Waals surface area contributed by atoms with Crippen molar-refractivity contribution in [2.45, 2.75) is 56.9 Å². The van der Waals surface area contributed by atoms with Gasteiger partial charge in [-0.15, -0.1) is 0 Å². The van der Waals surface area contributed by atoms with E-state index in [-0.39, 0.29) is 17.3 Å². The maximum absolute atomic E-state index is 11.2. The number of carbonyl (C=O) groups is 1. The molecule has 0 fully saturated rings. The van der Waals surface area contributed by atoms with Crippen molar-refractivity contribution < 1.29 is 9.90 Å². The molecule has 0 spiro atoms. The third-order valence-electron chi connectivity index (χ3n) is 3.23. The molecule has 4 nitrogen and oxygen atoms in total. The van der Waals surface area contributed by atoms with Gasteiger partial charge in [0.25, 0.3) is 0 Å². The summed E-state index contributed by atoms with van der Waals surface area (Å²) < 4.78 is 0. The van der Waals surface area contributed by atoms with Crippen LogP contribution in [0.1, 0.15) is 40.0 Å². The molecule has 0 saturated carbocycles. The molecule has 0 aliphatic heterocycles. The lowest BCUT2D eigenvalue weighted by Gasteiger charge is -2.25. The highest BCUT2D eigenvalue weighted by Gasteiger charge is 2.27. The zero-order valence-electron chi connectivity index (χ0n) is 11.3. The Balaban J connectivity index is 3.74. The second kappa shape index (κ2) is 7.95. The van der Waals surface area contributed by atoms with Crippen molar-refractivity contribution in [3.8, 4) is 0 Å². The van der Waals surface area contributed by atoms with Gasteiger partial charge in [0, 0.05) is 5.25 Å². The molecule has 4 N–H and O–H groups in total. The van der Waals surface area contributed by atoms with Crippen LogP contribution in [0.2, 0.25) is 0 Å². The van der Waals surface area contributed by atoms with Gasteiger partial charge in [-0.2, -0.15) is 11.8 Å². The summed E-state index contributed by atoms with van der Waals surface area (Å²) in [6.07, 6.45) is 2.47. The molecule has 0 rings (SSSR count). The summed E-state index contributed by atoms with van der Waals surface area (Å²) in [6.45, 7) is 5.67. The van der Waals surface area contributed by atoms with Crippen LogP contribution in [-0.4, -0.2) is 40.7 Å². The number of aliphatic hydroxyl groups excluding tert-OH is 1. The second-order valence-electron chi connectivity index (χ2n) is 4.72. The van der Waals surface area contributed by atoms with E-state index in [1.54, 1.807) is 18.8 Å². The predicted molar refractivity (Wildman–Crippen MR) is 74.1 cm³/mol. The van der Waals surface area contributed by atoms with E-state index < -0.39 is 5.54 Å². The van der Waals surface area contributed by atoms with Gasteiger partial charge >= 0.3 is 0 Å². The number of aliphatic hydroxyl groups is 1. The first-order valence-corrected chi connectivity index (χ1v) is 7.17. The highest BCUT2D eigenvalue weighted by molar-refractivity contribution is 7.99. The zero-order chi connectivity index (χ0) is 13.5. The Morgan fingerprint density at radius 3 is 2.47 bits per heavy atom. The Kier molecular flexibility index (Phi) is 7.83. The summed E-state index contributed by atoms with van der Waals surface area (Å²) in [5.41, 5.74) is 4.75. The molecular weight excluding hydrogens is 236 g/mol. The van der Waals surface area contributed by atoms with Crippen molar-refractivity contribution in [2.24, 2.45) is 5.73 Å². The number of rotatable bonds is 9. The Bertz CT molecular complexity index is 237. The zero-order valence-corrected chi connectivity index (χ0v) is 12.1. The molecule has 5 heteroatoms. The average Bonchev–Trinajstić information content (AvgIpc) is 2.27. The summed E-state index contributed by atoms with van der Waals surface area (Å²) >= 11 is 1.76. The van der Waals surface area contributed by atoms with Gasteiger partial charge in [-0.3, -0.25) is 4.79 Å². The Morgan fingerprint density at radius 1 is 1.47 bits per heavy atom. The minimum Gasteiger partial charge on any atom is -0.392 e. The molecule has 0 aliphatic carbocycles. The van der Waals surface area contributed by atoms with Gasteiger partial charge in [0.15, 0.2) is 0 Å². The van der Waals surface area contributed by atoms with E-state index in [9.17, 15) is 9.90 Å². The fourth-order valence-corrected chi connectivity index (χ4v) is 2.38. The number of amides is 1. The number of likely N-dealkylation sites (N-methyl/N-ethyl adjacent to an activating group) is 1. The fraction of sp³-hybridized carbons (Fsp3) is 0.917. The highest BCUT2D eigenvalue weighted by Crippen LogP contribution is 2.18. The first kappa shape index (κ1) is 16.7. The van der Waals surface area contributed by atoms with Gasteiger partial charge in [0.1, 0.15) is 0 Å². The number of primary amides is 1. The van der Waals surface area contributed by atoms with E-state index in [1.807, 2.05) is 20.8 Å². The number of hydrogen-bond acceptors (Lipinski definition) is 4. The fourth-order valence-electron chi connectivity index (χ4n) is 1.36. The van der Waals surface area contributed by atoms with Crippen molar-refractivity contribution in [1.29, 1.82) is 0 Å². The lowest BCUT2D eigenvalue weighted by atomic mass is 9.94. The van der Waals surface area contributed by atoms with Crippen molar-refractivity contribution in [2.75, 3.05) is 12.8 Å². The lowest BCUT2D eigenvalue weighted by Crippen LogP contribution is -2.51. The van der Waals surface area contributed by atoms with Gasteiger partial charge in [0.2, 0.25) is 5.91 Å². The van der Waals surface area contributed by atoms with Crippen LogP contribution in [0.3, 0.4) is 0 Å². The Morgan fingerprint density at radius 2 is 2.06 bits per heavy atom. The number of carbonyl (C=O) groups excluding carboxylic acids is 1. The summed E-state index contributed by atoms with van der Waals surface area (Å²) in [5.74, 6) is 0.704. The van der Waals surface area contributed by atoms with E-state index in [2.05, 4.69) is 5.32 Å². The number of unbranched alkanes of at least 4 members (excludes halogenated alkanes) is 1. The number of hydrogen-bond donors (Lipinski definition) is 3. The minimum atomic E-state index is -0.597. The van der Waals surface area contributed by atoms with E-state index in [0.29, 0.717) is 0 Å². The quantitative estimate of drug-likeness (QED) is 0.544. The molecule has 3 atom stereocenters. The van der Waals surface area contributed by atoms with Crippen molar-refractivity contribution in [1.82, 2.24) is 5.32 Å². The van der Waals surface area contributed by atoms with Gasteiger partial charge in [-0.25, -0.2) is 0 Å². The monoisotopic (exact) mass is 262 g/mol. The molecule has 0 heterocycles. The lowest BCUT2D eigenvalue weighted by molar-refractivity contribution is -0.123. The average molecular weight is 262 g/mol. The molecule has 3 unspecified atom stereocenters. The molecule has 0 bridgehead atoms. The van der Waals surface area contributed by atoms with Crippen LogP contribution >= 0.6 is 11.8 Å². The maximum atomic E-state index is 11.2. The molecule has 0 saturated heterocycles. The third kappa shape index (κ3) is 6.29. The van der Waals surface area contributed by atoms with Crippen LogP contribution in [0.25, 0.3) is 0 Å². The molecule has 0 aromatic heterocycles. The smallest absolute Gasteiger partial charge is 0.237 e. The van der Waals surface area contributed by atoms with Crippen molar-refractivity contribution >= 4 is 17.7 Å². The molecule has 0 aliphatic rings. The maximum Gasteiger partial charge on any atom is 0.237 e. The van der Waals surface area contributed by atoms with Crippen LogP contribution in [-0.2, 0) is 4.79 Å². The number of nitrogens with two attached hydrogens (primary N) is 1. The molecule has 1 amide bonds. The van der Waals surface area contributed by atoms with Crippen LogP contribution in [0.4, 0.5) is 0 Å². The van der Waals surface area contributed by atoms with Crippen molar-refractivity contribution in [3.05, 3.63) is 0 Å². The second-order valence-corrected chi connectivity index (χ2v) is 6.21. The Hall–Kier alpha value is -0.260. The van der Waals surface area contributed by atoms with Crippen LogP contribution in [0.15, 0.2) is 0 Å². The SMILES string of the molecule is CNC(C)(CCCCSC(C)C(C)O)C(N)=O. The van der Waals surface area contributed by atoms with Crippen LogP contribution in [0, 0.1) is 0 Å². The minimum absolute atomic E-state index is 0.266. The normalized spacial score (nSPS) is 18.4. The summed E-state index contributed by atoms with van der Waals surface area (Å²) in [5, 5.41) is 12.6. The van der Waals surface area contributed by atoms with Crippen molar-refractivity contribution in [3.63, 3.8) is 0 Å². The molecule has 17 heavy (non-hydrogen) atoms. The van der Waals surface area contributed by atoms with Gasteiger partial charge in [0.05, 0.1) is 11.6 Å². The van der Waals surface area contributed by atoms with E-state index >= 15 is 0 Å².